The molecular formula is C29H32N4O3. The van der Waals surface area contributed by atoms with Gasteiger partial charge in [0.15, 0.2) is 6.61 Å². The van der Waals surface area contributed by atoms with Crippen LogP contribution in [0.3, 0.4) is 0 Å². The third-order valence-electron chi connectivity index (χ3n) is 7.24. The quantitative estimate of drug-likeness (QED) is 0.353. The molecule has 1 aliphatic rings. The molecule has 2 aromatic carbocycles. The molecule has 0 bridgehead atoms. The smallest absolute Gasteiger partial charge is 0.260 e. The summed E-state index contributed by atoms with van der Waals surface area (Å²) >= 11 is 0. The Labute approximate surface area is 211 Å². The molecule has 36 heavy (non-hydrogen) atoms. The van der Waals surface area contributed by atoms with E-state index in [0.29, 0.717) is 31.7 Å². The average molecular weight is 485 g/mol. The van der Waals surface area contributed by atoms with Crippen molar-refractivity contribution in [1.29, 1.82) is 0 Å². The van der Waals surface area contributed by atoms with Crippen molar-refractivity contribution in [1.82, 2.24) is 19.4 Å². The number of aliphatic hydroxyl groups excluding tert-OH is 1. The van der Waals surface area contributed by atoms with Crippen LogP contribution in [0.4, 0.5) is 0 Å². The van der Waals surface area contributed by atoms with Crippen molar-refractivity contribution < 1.29 is 14.6 Å². The average Bonchev–Trinajstić information content (AvgIpc) is 3.50. The maximum absolute atomic E-state index is 12.8. The number of hydrogen-bond acceptors (Lipinski definition) is 5. The molecule has 2 aromatic heterocycles. The van der Waals surface area contributed by atoms with Crippen LogP contribution in [0.1, 0.15) is 38.3 Å². The molecular weight excluding hydrogens is 452 g/mol. The number of hydrogen-bond donors (Lipinski definition) is 1. The Bertz CT molecular complexity index is 1350. The fourth-order valence-corrected chi connectivity index (χ4v) is 5.02. The molecule has 186 valence electrons. The summed E-state index contributed by atoms with van der Waals surface area (Å²) in [6, 6.07) is 17.9. The van der Waals surface area contributed by atoms with Crippen molar-refractivity contribution in [2.75, 3.05) is 19.7 Å². The lowest BCUT2D eigenvalue weighted by molar-refractivity contribution is -0.133. The largest absolute Gasteiger partial charge is 0.484 e. The highest BCUT2D eigenvalue weighted by Crippen LogP contribution is 2.41. The second-order valence-corrected chi connectivity index (χ2v) is 9.48. The first kappa shape index (κ1) is 24.0. The lowest BCUT2D eigenvalue weighted by Crippen LogP contribution is -2.37. The second-order valence-electron chi connectivity index (χ2n) is 9.48. The number of amides is 1. The van der Waals surface area contributed by atoms with Gasteiger partial charge in [-0.25, -0.2) is 4.98 Å². The summed E-state index contributed by atoms with van der Waals surface area (Å²) in [5, 5.41) is 12.0. The number of nitrogens with zero attached hydrogens (tertiary/aromatic N) is 4. The van der Waals surface area contributed by atoms with Gasteiger partial charge in [0.05, 0.1) is 35.9 Å². The summed E-state index contributed by atoms with van der Waals surface area (Å²) in [5.74, 6) is 0.637. The molecule has 0 spiro atoms. The van der Waals surface area contributed by atoms with E-state index in [4.69, 9.17) is 4.74 Å². The molecule has 4 aromatic rings. The van der Waals surface area contributed by atoms with Crippen LogP contribution in [-0.4, -0.2) is 56.2 Å². The number of rotatable bonds is 10. The van der Waals surface area contributed by atoms with Gasteiger partial charge in [-0.1, -0.05) is 37.3 Å². The number of carbonyl (C=O) groups excluding carboxylic acids is 1. The van der Waals surface area contributed by atoms with Crippen LogP contribution in [0.25, 0.3) is 22.2 Å². The van der Waals surface area contributed by atoms with Crippen molar-refractivity contribution in [3.63, 3.8) is 0 Å². The molecule has 1 amide bonds. The number of fused-ring (bicyclic) bond motifs is 4. The summed E-state index contributed by atoms with van der Waals surface area (Å²) in [6.45, 7) is 5.19. The number of pyridine rings is 1. The molecule has 0 saturated heterocycles. The Morgan fingerprint density at radius 2 is 2.06 bits per heavy atom. The van der Waals surface area contributed by atoms with Crippen molar-refractivity contribution in [2.24, 2.45) is 5.92 Å². The molecule has 1 aliphatic heterocycles. The summed E-state index contributed by atoms with van der Waals surface area (Å²) < 4.78 is 7.94. The van der Waals surface area contributed by atoms with Crippen molar-refractivity contribution in [2.45, 2.75) is 38.8 Å². The third kappa shape index (κ3) is 4.84. The molecule has 7 heteroatoms. The highest BCUT2D eigenvalue weighted by Gasteiger charge is 2.31. The molecule has 3 unspecified atom stereocenters. The molecule has 0 saturated carbocycles. The van der Waals surface area contributed by atoms with Crippen LogP contribution in [-0.2, 0) is 4.79 Å². The molecule has 3 atom stereocenters. The molecule has 0 aliphatic carbocycles. The fourth-order valence-electron chi connectivity index (χ4n) is 5.02. The minimum Gasteiger partial charge on any atom is -0.484 e. The molecule has 0 fully saturated rings. The standard InChI is InChI=1S/C29H32N4O3/c1-3-32(29(35)18-36-22-10-11-25-21(15-22)7-6-13-31-25)14-12-20(2)28(34)16-26-23-8-4-5-9-24(23)27-17-30-19-33(26)27/h4-11,13,15,17,19-20,26,28,34H,3,12,14,16,18H2,1-2H3. The van der Waals surface area contributed by atoms with Crippen molar-refractivity contribution >= 4 is 16.8 Å². The highest BCUT2D eigenvalue weighted by molar-refractivity contribution is 5.80. The Kier molecular flexibility index (Phi) is 7.00. The number of aliphatic hydroxyl groups is 1. The molecule has 0 radical (unpaired) electrons. The van der Waals surface area contributed by atoms with Crippen LogP contribution in [0, 0.1) is 5.92 Å². The van der Waals surface area contributed by atoms with E-state index in [9.17, 15) is 9.90 Å². The number of aromatic nitrogens is 3. The Morgan fingerprint density at radius 1 is 1.19 bits per heavy atom. The van der Waals surface area contributed by atoms with E-state index < -0.39 is 6.10 Å². The zero-order valence-electron chi connectivity index (χ0n) is 20.7. The van der Waals surface area contributed by atoms with Crippen molar-refractivity contribution in [3.05, 3.63) is 78.9 Å². The normalized spacial score (nSPS) is 15.8. The number of benzene rings is 2. The van der Waals surface area contributed by atoms with E-state index in [-0.39, 0.29) is 24.5 Å². The Hall–Kier alpha value is -3.71. The van der Waals surface area contributed by atoms with Crippen LogP contribution in [0.5, 0.6) is 5.75 Å². The van der Waals surface area contributed by atoms with Gasteiger partial charge >= 0.3 is 0 Å². The van der Waals surface area contributed by atoms with Crippen LogP contribution < -0.4 is 4.74 Å². The van der Waals surface area contributed by atoms with E-state index in [0.717, 1.165) is 16.6 Å². The fraction of sp³-hybridized carbons (Fsp3) is 0.345. The maximum atomic E-state index is 12.8. The van der Waals surface area contributed by atoms with E-state index in [1.807, 2.05) is 61.9 Å². The predicted molar refractivity (Wildman–Crippen MR) is 140 cm³/mol. The van der Waals surface area contributed by atoms with E-state index in [1.165, 1.54) is 11.1 Å². The minimum atomic E-state index is -0.493. The first-order valence-corrected chi connectivity index (χ1v) is 12.6. The van der Waals surface area contributed by atoms with Crippen LogP contribution in [0.2, 0.25) is 0 Å². The Morgan fingerprint density at radius 3 is 2.92 bits per heavy atom. The van der Waals surface area contributed by atoms with Crippen LogP contribution in [0.15, 0.2) is 73.3 Å². The minimum absolute atomic E-state index is 0.0151. The Balaban J connectivity index is 1.14. The zero-order valence-corrected chi connectivity index (χ0v) is 20.7. The van der Waals surface area contributed by atoms with Gasteiger partial charge in [-0.3, -0.25) is 9.78 Å². The summed E-state index contributed by atoms with van der Waals surface area (Å²) in [7, 11) is 0. The molecule has 3 heterocycles. The van der Waals surface area contributed by atoms with E-state index >= 15 is 0 Å². The molecule has 5 rings (SSSR count). The highest BCUT2D eigenvalue weighted by atomic mass is 16.5. The van der Waals surface area contributed by atoms with Crippen LogP contribution >= 0.6 is 0 Å². The van der Waals surface area contributed by atoms with E-state index in [1.54, 1.807) is 11.1 Å². The lowest BCUT2D eigenvalue weighted by atomic mass is 9.91. The number of imidazole rings is 1. The van der Waals surface area contributed by atoms with Gasteiger partial charge in [0.1, 0.15) is 5.75 Å². The lowest BCUT2D eigenvalue weighted by Gasteiger charge is -2.27. The number of ether oxygens (including phenoxy) is 1. The number of likely N-dealkylation sites (N-methyl/N-ethyl adjacent to an activating group) is 1. The topological polar surface area (TPSA) is 80.5 Å². The zero-order chi connectivity index (χ0) is 25.1. The third-order valence-corrected chi connectivity index (χ3v) is 7.24. The van der Waals surface area contributed by atoms with E-state index in [2.05, 4.69) is 33.6 Å². The molecule has 7 nitrogen and oxygen atoms in total. The summed E-state index contributed by atoms with van der Waals surface area (Å²) in [4.78, 5) is 23.3. The van der Waals surface area contributed by atoms with Gasteiger partial charge in [-0.2, -0.15) is 0 Å². The first-order chi connectivity index (χ1) is 17.5. The van der Waals surface area contributed by atoms with Gasteiger partial charge in [-0.15, -0.1) is 0 Å². The maximum Gasteiger partial charge on any atom is 0.260 e. The van der Waals surface area contributed by atoms with Gasteiger partial charge in [0, 0.05) is 30.2 Å². The van der Waals surface area contributed by atoms with Gasteiger partial charge in [0.25, 0.3) is 5.91 Å². The van der Waals surface area contributed by atoms with Gasteiger partial charge in [0.2, 0.25) is 0 Å². The first-order valence-electron chi connectivity index (χ1n) is 12.6. The number of carbonyl (C=O) groups is 1. The predicted octanol–water partition coefficient (Wildman–Crippen LogP) is 4.71. The monoisotopic (exact) mass is 484 g/mol. The molecule has 1 N–H and O–H groups in total. The SMILES string of the molecule is CCN(CCC(C)C(O)CC1c2ccccc2-c2cncn21)C(=O)COc1ccc2ncccc2c1. The van der Waals surface area contributed by atoms with Gasteiger partial charge in [-0.05, 0) is 55.5 Å². The van der Waals surface area contributed by atoms with Gasteiger partial charge < -0.3 is 19.3 Å². The summed E-state index contributed by atoms with van der Waals surface area (Å²) in [5.41, 5.74) is 4.41. The second kappa shape index (κ2) is 10.5. The summed E-state index contributed by atoms with van der Waals surface area (Å²) in [6.07, 6.45) is 6.32. The van der Waals surface area contributed by atoms with Crippen molar-refractivity contribution in [3.8, 4) is 17.0 Å².